The van der Waals surface area contributed by atoms with Crippen LogP contribution in [-0.2, 0) is 0 Å². The molecular weight excluding hydrogens is 208 g/mol. The lowest BCUT2D eigenvalue weighted by Gasteiger charge is -2.08. The summed E-state index contributed by atoms with van der Waals surface area (Å²) < 4.78 is 0. The topological polar surface area (TPSA) is 93.4 Å². The van der Waals surface area contributed by atoms with Crippen LogP contribution in [0.1, 0.15) is 15.9 Å². The van der Waals surface area contributed by atoms with Gasteiger partial charge in [0.2, 0.25) is 0 Å². The van der Waals surface area contributed by atoms with E-state index in [4.69, 9.17) is 15.5 Å². The number of nitriles is 1. The number of hydrogen-bond donors (Lipinski definition) is 3. The van der Waals surface area contributed by atoms with E-state index in [1.807, 2.05) is 6.07 Å². The molecule has 0 heterocycles. The van der Waals surface area contributed by atoms with Crippen LogP contribution in [0.5, 0.6) is 0 Å². The van der Waals surface area contributed by atoms with Crippen molar-refractivity contribution in [2.75, 3.05) is 13.2 Å². The Hall–Kier alpha value is -1.90. The van der Waals surface area contributed by atoms with Crippen molar-refractivity contribution in [3.8, 4) is 6.07 Å². The van der Waals surface area contributed by atoms with E-state index in [0.717, 1.165) is 0 Å². The van der Waals surface area contributed by atoms with Crippen LogP contribution in [0, 0.1) is 11.3 Å². The average molecular weight is 220 g/mol. The van der Waals surface area contributed by atoms with E-state index in [9.17, 15) is 4.79 Å². The largest absolute Gasteiger partial charge is 0.394 e. The molecule has 1 aromatic rings. The summed E-state index contributed by atoms with van der Waals surface area (Å²) in [6.07, 6.45) is -0.969. The average Bonchev–Trinajstić information content (AvgIpc) is 2.35. The van der Waals surface area contributed by atoms with Crippen LogP contribution in [0.2, 0.25) is 0 Å². The molecule has 0 saturated heterocycles. The number of nitrogens with one attached hydrogen (secondary N) is 1. The van der Waals surface area contributed by atoms with Crippen molar-refractivity contribution in [3.05, 3.63) is 35.4 Å². The molecule has 0 radical (unpaired) electrons. The zero-order valence-corrected chi connectivity index (χ0v) is 8.55. The molecule has 3 N–H and O–H groups in total. The summed E-state index contributed by atoms with van der Waals surface area (Å²) in [6, 6.07) is 8.16. The van der Waals surface area contributed by atoms with E-state index in [-0.39, 0.29) is 12.5 Å². The van der Waals surface area contributed by atoms with Crippen molar-refractivity contribution in [2.24, 2.45) is 0 Å². The quantitative estimate of drug-likeness (QED) is 0.646. The SMILES string of the molecule is N#Cc1cccc(C(=O)NCC(O)CO)c1. The second kappa shape index (κ2) is 5.85. The van der Waals surface area contributed by atoms with E-state index >= 15 is 0 Å². The first-order valence-corrected chi connectivity index (χ1v) is 4.74. The first-order valence-electron chi connectivity index (χ1n) is 4.74. The predicted octanol–water partition coefficient (Wildman–Crippen LogP) is -0.359. The minimum absolute atomic E-state index is 0.0217. The lowest BCUT2D eigenvalue weighted by Crippen LogP contribution is -2.33. The molecule has 1 aromatic carbocycles. The molecule has 16 heavy (non-hydrogen) atoms. The molecule has 0 aliphatic carbocycles. The maximum atomic E-state index is 11.5. The van der Waals surface area contributed by atoms with Crippen LogP contribution >= 0.6 is 0 Å². The predicted molar refractivity (Wildman–Crippen MR) is 56.6 cm³/mol. The third-order valence-electron chi connectivity index (χ3n) is 1.96. The zero-order chi connectivity index (χ0) is 12.0. The van der Waals surface area contributed by atoms with Gasteiger partial charge in [0.15, 0.2) is 0 Å². The van der Waals surface area contributed by atoms with Crippen molar-refractivity contribution in [1.82, 2.24) is 5.32 Å². The van der Waals surface area contributed by atoms with Gasteiger partial charge in [-0.3, -0.25) is 4.79 Å². The van der Waals surface area contributed by atoms with E-state index in [2.05, 4.69) is 5.32 Å². The standard InChI is InChI=1S/C11H12N2O3/c12-5-8-2-1-3-9(4-8)11(16)13-6-10(15)7-14/h1-4,10,14-15H,6-7H2,(H,13,16). The monoisotopic (exact) mass is 220 g/mol. The highest BCUT2D eigenvalue weighted by atomic mass is 16.3. The highest BCUT2D eigenvalue weighted by Gasteiger charge is 2.08. The normalized spacial score (nSPS) is 11.6. The van der Waals surface area contributed by atoms with E-state index in [1.165, 1.54) is 6.07 Å². The molecule has 0 aliphatic heterocycles. The summed E-state index contributed by atoms with van der Waals surface area (Å²) in [5.41, 5.74) is 0.750. The molecule has 84 valence electrons. The van der Waals surface area contributed by atoms with Gasteiger partial charge in [-0.25, -0.2) is 0 Å². The molecule has 1 atom stereocenters. The summed E-state index contributed by atoms with van der Waals surface area (Å²) >= 11 is 0. The van der Waals surface area contributed by atoms with Crippen molar-refractivity contribution in [2.45, 2.75) is 6.10 Å². The fourth-order valence-electron chi connectivity index (χ4n) is 1.11. The lowest BCUT2D eigenvalue weighted by molar-refractivity contribution is 0.0802. The van der Waals surface area contributed by atoms with Gasteiger partial charge in [0.1, 0.15) is 0 Å². The number of aliphatic hydroxyl groups is 2. The second-order valence-electron chi connectivity index (χ2n) is 3.24. The Balaban J connectivity index is 2.63. The van der Waals surface area contributed by atoms with Gasteiger partial charge in [-0.2, -0.15) is 5.26 Å². The van der Waals surface area contributed by atoms with Gasteiger partial charge >= 0.3 is 0 Å². The summed E-state index contributed by atoms with van der Waals surface area (Å²) in [6.45, 7) is -0.426. The molecule has 1 rings (SSSR count). The molecule has 5 nitrogen and oxygen atoms in total. The van der Waals surface area contributed by atoms with E-state index in [0.29, 0.717) is 11.1 Å². The van der Waals surface area contributed by atoms with E-state index < -0.39 is 12.7 Å². The summed E-state index contributed by atoms with van der Waals surface area (Å²) in [5, 5.41) is 28.7. The zero-order valence-electron chi connectivity index (χ0n) is 8.55. The van der Waals surface area contributed by atoms with Crippen molar-refractivity contribution in [1.29, 1.82) is 5.26 Å². The minimum atomic E-state index is -0.969. The molecular formula is C11H12N2O3. The molecule has 0 saturated carbocycles. The fraction of sp³-hybridized carbons (Fsp3) is 0.273. The minimum Gasteiger partial charge on any atom is -0.394 e. The van der Waals surface area contributed by atoms with Crippen molar-refractivity contribution >= 4 is 5.91 Å². The van der Waals surface area contributed by atoms with E-state index in [1.54, 1.807) is 18.2 Å². The third kappa shape index (κ3) is 3.35. The molecule has 1 unspecified atom stereocenters. The first-order chi connectivity index (χ1) is 7.67. The fourth-order valence-corrected chi connectivity index (χ4v) is 1.11. The molecule has 0 aliphatic rings. The van der Waals surface area contributed by atoms with Crippen LogP contribution in [0.3, 0.4) is 0 Å². The maximum Gasteiger partial charge on any atom is 0.251 e. The van der Waals surface area contributed by atoms with Crippen LogP contribution in [0.25, 0.3) is 0 Å². The number of benzene rings is 1. The van der Waals surface area contributed by atoms with Crippen molar-refractivity contribution < 1.29 is 15.0 Å². The number of nitrogens with zero attached hydrogens (tertiary/aromatic N) is 1. The molecule has 0 fully saturated rings. The summed E-state index contributed by atoms with van der Waals surface area (Å²) in [4.78, 5) is 11.5. The molecule has 5 heteroatoms. The molecule has 1 amide bonds. The number of aliphatic hydroxyl groups excluding tert-OH is 2. The van der Waals surface area contributed by atoms with Crippen molar-refractivity contribution in [3.63, 3.8) is 0 Å². The van der Waals surface area contributed by atoms with Gasteiger partial charge in [-0.1, -0.05) is 6.07 Å². The van der Waals surface area contributed by atoms with Gasteiger partial charge < -0.3 is 15.5 Å². The van der Waals surface area contributed by atoms with Crippen LogP contribution in [0.4, 0.5) is 0 Å². The number of carbonyl (C=O) groups excluding carboxylic acids is 1. The van der Waals surface area contributed by atoms with Gasteiger partial charge in [0, 0.05) is 12.1 Å². The van der Waals surface area contributed by atoms with Crippen LogP contribution in [-0.4, -0.2) is 35.4 Å². The highest BCUT2D eigenvalue weighted by Crippen LogP contribution is 2.03. The highest BCUT2D eigenvalue weighted by molar-refractivity contribution is 5.94. The Morgan fingerprint density at radius 1 is 1.56 bits per heavy atom. The summed E-state index contributed by atoms with van der Waals surface area (Å²) in [5.74, 6) is -0.385. The summed E-state index contributed by atoms with van der Waals surface area (Å²) in [7, 11) is 0. The second-order valence-corrected chi connectivity index (χ2v) is 3.24. The smallest absolute Gasteiger partial charge is 0.251 e. The Labute approximate surface area is 92.9 Å². The number of hydrogen-bond acceptors (Lipinski definition) is 4. The Morgan fingerprint density at radius 3 is 2.94 bits per heavy atom. The molecule has 0 aromatic heterocycles. The lowest BCUT2D eigenvalue weighted by atomic mass is 10.1. The molecule has 0 bridgehead atoms. The third-order valence-corrected chi connectivity index (χ3v) is 1.96. The number of carbonyl (C=O) groups is 1. The van der Waals surface area contributed by atoms with Gasteiger partial charge in [0.25, 0.3) is 5.91 Å². The Kier molecular flexibility index (Phi) is 4.45. The van der Waals surface area contributed by atoms with Crippen LogP contribution in [0.15, 0.2) is 24.3 Å². The first kappa shape index (κ1) is 12.2. The van der Waals surface area contributed by atoms with Gasteiger partial charge in [0.05, 0.1) is 24.3 Å². The Morgan fingerprint density at radius 2 is 2.31 bits per heavy atom. The van der Waals surface area contributed by atoms with Gasteiger partial charge in [-0.15, -0.1) is 0 Å². The maximum absolute atomic E-state index is 11.5. The Bertz CT molecular complexity index is 412. The molecule has 0 spiro atoms. The number of amides is 1. The van der Waals surface area contributed by atoms with Gasteiger partial charge in [-0.05, 0) is 18.2 Å². The van der Waals surface area contributed by atoms with Crippen LogP contribution < -0.4 is 5.32 Å². The number of rotatable bonds is 4.